The highest BCUT2D eigenvalue weighted by atomic mass is 16.5. The molecule has 0 heterocycles. The minimum absolute atomic E-state index is 0.924. The maximum absolute atomic E-state index is 5.44. The molecule has 102 valence electrons. The Balaban J connectivity index is 2.99. The lowest BCUT2D eigenvalue weighted by Gasteiger charge is -2.00. The van der Waals surface area contributed by atoms with Crippen LogP contribution in [0.3, 0.4) is 0 Å². The van der Waals surface area contributed by atoms with Gasteiger partial charge in [-0.05, 0) is 38.5 Å². The summed E-state index contributed by atoms with van der Waals surface area (Å²) < 4.78 is 5.44. The number of hydrogen-bond acceptors (Lipinski definition) is 1. The summed E-state index contributed by atoms with van der Waals surface area (Å²) >= 11 is 0. The Kier molecular flexibility index (Phi) is 15.4. The van der Waals surface area contributed by atoms with E-state index in [1.165, 1.54) is 57.8 Å². The molecule has 0 radical (unpaired) electrons. The summed E-state index contributed by atoms with van der Waals surface area (Å²) in [5, 5.41) is 0. The van der Waals surface area contributed by atoms with Crippen LogP contribution in [0.1, 0.15) is 78.1 Å². The monoisotopic (exact) mass is 240 g/mol. The molecular formula is C16H32O. The molecule has 0 unspecified atom stereocenters. The van der Waals surface area contributed by atoms with Gasteiger partial charge in [-0.15, -0.1) is 0 Å². The highest BCUT2D eigenvalue weighted by molar-refractivity contribution is 4.81. The summed E-state index contributed by atoms with van der Waals surface area (Å²) in [5.74, 6) is 0. The molecular weight excluding hydrogens is 208 g/mol. The van der Waals surface area contributed by atoms with Crippen LogP contribution in [0, 0.1) is 0 Å². The molecule has 0 atom stereocenters. The lowest BCUT2D eigenvalue weighted by atomic mass is 10.1. The summed E-state index contributed by atoms with van der Waals surface area (Å²) in [6.07, 6.45) is 17.8. The summed E-state index contributed by atoms with van der Waals surface area (Å²) in [6, 6.07) is 0. The zero-order valence-electron chi connectivity index (χ0n) is 12.0. The maximum Gasteiger partial charge on any atom is 0.0466 e. The van der Waals surface area contributed by atoms with Crippen LogP contribution < -0.4 is 0 Å². The second-order valence-electron chi connectivity index (χ2n) is 4.78. The van der Waals surface area contributed by atoms with Gasteiger partial charge in [-0.1, -0.05) is 51.7 Å². The normalized spacial score (nSPS) is 11.4. The van der Waals surface area contributed by atoms with Crippen LogP contribution in [-0.4, -0.2) is 13.2 Å². The third-order valence-electron chi connectivity index (χ3n) is 2.90. The van der Waals surface area contributed by atoms with Crippen molar-refractivity contribution in [3.05, 3.63) is 12.2 Å². The average molecular weight is 240 g/mol. The molecule has 0 saturated carbocycles. The van der Waals surface area contributed by atoms with E-state index < -0.39 is 0 Å². The Morgan fingerprint density at radius 2 is 1.29 bits per heavy atom. The van der Waals surface area contributed by atoms with Crippen molar-refractivity contribution < 1.29 is 4.74 Å². The van der Waals surface area contributed by atoms with Gasteiger partial charge in [-0.2, -0.15) is 0 Å². The van der Waals surface area contributed by atoms with Crippen molar-refractivity contribution in [2.45, 2.75) is 78.1 Å². The Bertz CT molecular complexity index is 152. The molecule has 0 saturated heterocycles. The van der Waals surface area contributed by atoms with Crippen LogP contribution in [0.2, 0.25) is 0 Å². The first kappa shape index (κ1) is 16.7. The molecule has 0 N–H and O–H groups in total. The van der Waals surface area contributed by atoms with Crippen LogP contribution in [0.5, 0.6) is 0 Å². The van der Waals surface area contributed by atoms with E-state index in [9.17, 15) is 0 Å². The second kappa shape index (κ2) is 15.7. The standard InChI is InChI=1S/C16H32O/c1-3-5-6-7-8-9-10-11-12-13-14-16-17-15-4-2/h10-11H,3-9,12-16H2,1-2H3/b11-10-. The number of rotatable bonds is 13. The summed E-state index contributed by atoms with van der Waals surface area (Å²) in [4.78, 5) is 0. The van der Waals surface area contributed by atoms with Crippen molar-refractivity contribution >= 4 is 0 Å². The van der Waals surface area contributed by atoms with Gasteiger partial charge in [0.2, 0.25) is 0 Å². The first-order valence-corrected chi connectivity index (χ1v) is 7.64. The van der Waals surface area contributed by atoms with E-state index in [2.05, 4.69) is 26.0 Å². The zero-order valence-corrected chi connectivity index (χ0v) is 12.0. The van der Waals surface area contributed by atoms with Gasteiger partial charge in [-0.3, -0.25) is 0 Å². The van der Waals surface area contributed by atoms with E-state index in [1.807, 2.05) is 0 Å². The van der Waals surface area contributed by atoms with Crippen molar-refractivity contribution in [1.82, 2.24) is 0 Å². The van der Waals surface area contributed by atoms with E-state index >= 15 is 0 Å². The molecule has 17 heavy (non-hydrogen) atoms. The van der Waals surface area contributed by atoms with Gasteiger partial charge in [0.15, 0.2) is 0 Å². The Hall–Kier alpha value is -0.300. The molecule has 0 spiro atoms. The molecule has 0 rings (SSSR count). The quantitative estimate of drug-likeness (QED) is 0.305. The molecule has 0 aliphatic carbocycles. The number of hydrogen-bond donors (Lipinski definition) is 0. The first-order valence-electron chi connectivity index (χ1n) is 7.64. The van der Waals surface area contributed by atoms with Gasteiger partial charge < -0.3 is 4.74 Å². The second-order valence-corrected chi connectivity index (χ2v) is 4.78. The highest BCUT2D eigenvalue weighted by Crippen LogP contribution is 2.06. The highest BCUT2D eigenvalue weighted by Gasteiger charge is 1.88. The topological polar surface area (TPSA) is 9.23 Å². The van der Waals surface area contributed by atoms with Crippen LogP contribution in [0.4, 0.5) is 0 Å². The van der Waals surface area contributed by atoms with Crippen LogP contribution in [0.25, 0.3) is 0 Å². The summed E-state index contributed by atoms with van der Waals surface area (Å²) in [7, 11) is 0. The van der Waals surface area contributed by atoms with Gasteiger partial charge >= 0.3 is 0 Å². The van der Waals surface area contributed by atoms with E-state index in [0.717, 1.165) is 19.6 Å². The molecule has 0 aromatic carbocycles. The van der Waals surface area contributed by atoms with Crippen LogP contribution in [0.15, 0.2) is 12.2 Å². The predicted molar refractivity (Wildman–Crippen MR) is 77.5 cm³/mol. The molecule has 1 heteroatoms. The third-order valence-corrected chi connectivity index (χ3v) is 2.90. The van der Waals surface area contributed by atoms with Gasteiger partial charge in [-0.25, -0.2) is 0 Å². The molecule has 0 bridgehead atoms. The van der Waals surface area contributed by atoms with Gasteiger partial charge in [0, 0.05) is 13.2 Å². The van der Waals surface area contributed by atoms with Gasteiger partial charge in [0.05, 0.1) is 0 Å². The molecule has 1 nitrogen and oxygen atoms in total. The maximum atomic E-state index is 5.44. The van der Waals surface area contributed by atoms with Crippen LogP contribution in [-0.2, 0) is 4.74 Å². The van der Waals surface area contributed by atoms with Crippen molar-refractivity contribution in [3.8, 4) is 0 Å². The smallest absolute Gasteiger partial charge is 0.0466 e. The van der Waals surface area contributed by atoms with Crippen molar-refractivity contribution in [2.75, 3.05) is 13.2 Å². The fourth-order valence-corrected chi connectivity index (χ4v) is 1.81. The molecule has 0 aliphatic heterocycles. The fraction of sp³-hybridized carbons (Fsp3) is 0.875. The Morgan fingerprint density at radius 1 is 0.647 bits per heavy atom. The van der Waals surface area contributed by atoms with E-state index in [1.54, 1.807) is 0 Å². The fourth-order valence-electron chi connectivity index (χ4n) is 1.81. The molecule has 0 aliphatic rings. The number of unbranched alkanes of at least 4 members (excludes halogenated alkanes) is 7. The number of allylic oxidation sites excluding steroid dienone is 2. The SMILES string of the molecule is CCCCCCC/C=C\CCCCOCCC. The number of ether oxygens (including phenoxy) is 1. The van der Waals surface area contributed by atoms with E-state index in [4.69, 9.17) is 4.74 Å². The van der Waals surface area contributed by atoms with Crippen molar-refractivity contribution in [3.63, 3.8) is 0 Å². The zero-order chi connectivity index (χ0) is 12.6. The molecule has 0 fully saturated rings. The minimum Gasteiger partial charge on any atom is -0.381 e. The minimum atomic E-state index is 0.924. The van der Waals surface area contributed by atoms with E-state index in [-0.39, 0.29) is 0 Å². The Labute approximate surface area is 109 Å². The largest absolute Gasteiger partial charge is 0.381 e. The van der Waals surface area contributed by atoms with Crippen molar-refractivity contribution in [2.24, 2.45) is 0 Å². The third kappa shape index (κ3) is 15.7. The summed E-state index contributed by atoms with van der Waals surface area (Å²) in [5.41, 5.74) is 0. The lowest BCUT2D eigenvalue weighted by molar-refractivity contribution is 0.131. The Morgan fingerprint density at radius 3 is 1.94 bits per heavy atom. The predicted octanol–water partition coefficient (Wildman–Crippen LogP) is 5.50. The average Bonchev–Trinajstić information content (AvgIpc) is 2.35. The summed E-state index contributed by atoms with van der Waals surface area (Å²) in [6.45, 7) is 6.29. The molecule has 0 aromatic rings. The van der Waals surface area contributed by atoms with Crippen molar-refractivity contribution in [1.29, 1.82) is 0 Å². The van der Waals surface area contributed by atoms with Gasteiger partial charge in [0.25, 0.3) is 0 Å². The van der Waals surface area contributed by atoms with Crippen LogP contribution >= 0.6 is 0 Å². The first-order chi connectivity index (χ1) is 8.41. The van der Waals surface area contributed by atoms with Gasteiger partial charge in [0.1, 0.15) is 0 Å². The molecule has 0 aromatic heterocycles. The lowest BCUT2D eigenvalue weighted by Crippen LogP contribution is -1.94. The molecule has 0 amide bonds. The van der Waals surface area contributed by atoms with E-state index in [0.29, 0.717) is 0 Å².